The number of hydrogen-bond acceptors (Lipinski definition) is 6. The predicted molar refractivity (Wildman–Crippen MR) is 78.2 cm³/mol. The number of nitrogens with zero attached hydrogens (tertiary/aromatic N) is 1. The van der Waals surface area contributed by atoms with Gasteiger partial charge in [-0.1, -0.05) is 0 Å². The van der Waals surface area contributed by atoms with Gasteiger partial charge in [0.1, 0.15) is 11.0 Å². The fourth-order valence-corrected chi connectivity index (χ4v) is 4.90. The summed E-state index contributed by atoms with van der Waals surface area (Å²) in [6.07, 6.45) is 1.58. The second kappa shape index (κ2) is 6.56. The van der Waals surface area contributed by atoms with Crippen LogP contribution in [0, 0.1) is 0 Å². The highest BCUT2D eigenvalue weighted by Gasteiger charge is 2.33. The van der Waals surface area contributed by atoms with E-state index in [2.05, 4.69) is 0 Å². The van der Waals surface area contributed by atoms with E-state index in [9.17, 15) is 13.2 Å². The van der Waals surface area contributed by atoms with Gasteiger partial charge >= 0.3 is 0 Å². The maximum atomic E-state index is 12.0. The number of hydrogen-bond donors (Lipinski definition) is 0. The lowest BCUT2D eigenvalue weighted by Crippen LogP contribution is -2.48. The van der Waals surface area contributed by atoms with Gasteiger partial charge < -0.3 is 4.74 Å². The number of carbonyl (C=O) groups is 1. The lowest BCUT2D eigenvalue weighted by Gasteiger charge is -2.34. The van der Waals surface area contributed by atoms with Crippen LogP contribution in [0.4, 0.5) is 0 Å². The van der Waals surface area contributed by atoms with Crippen molar-refractivity contribution in [3.8, 4) is 0 Å². The first-order chi connectivity index (χ1) is 8.68. The molecule has 1 heterocycles. The molecule has 0 aromatic rings. The molecule has 19 heavy (non-hydrogen) atoms. The first-order valence-corrected chi connectivity index (χ1v) is 9.38. The van der Waals surface area contributed by atoms with E-state index in [1.165, 1.54) is 13.4 Å². The second-order valence-corrected chi connectivity index (χ2v) is 8.64. The Morgan fingerprint density at radius 1 is 1.47 bits per heavy atom. The Labute approximate surface area is 120 Å². The smallest absolute Gasteiger partial charge is 0.165 e. The quantitative estimate of drug-likeness (QED) is 0.723. The summed E-state index contributed by atoms with van der Waals surface area (Å²) in [4.78, 5) is 13.9. The average Bonchev–Trinajstić information content (AvgIpc) is 2.35. The molecule has 1 aliphatic rings. The summed E-state index contributed by atoms with van der Waals surface area (Å²) in [5.74, 6) is 1.50. The number of ether oxygens (including phenoxy) is 1. The van der Waals surface area contributed by atoms with Crippen molar-refractivity contribution in [2.24, 2.45) is 0 Å². The van der Waals surface area contributed by atoms with Crippen LogP contribution in [0.25, 0.3) is 0 Å². The molecule has 0 aromatic heterocycles. The van der Waals surface area contributed by atoms with Crippen molar-refractivity contribution in [3.05, 3.63) is 0 Å². The molecule has 1 unspecified atom stereocenters. The summed E-state index contributed by atoms with van der Waals surface area (Å²) >= 11 is 1.65. The lowest BCUT2D eigenvalue weighted by atomic mass is 10.0. The van der Waals surface area contributed by atoms with Crippen LogP contribution in [0.3, 0.4) is 0 Å². The number of carbonyl (C=O) groups excluding carboxylic acids is 1. The molecule has 0 bridgehead atoms. The van der Waals surface area contributed by atoms with Gasteiger partial charge in [-0.15, -0.1) is 0 Å². The number of thioether (sulfide) groups is 1. The van der Waals surface area contributed by atoms with Crippen LogP contribution in [0.1, 0.15) is 20.3 Å². The van der Waals surface area contributed by atoms with E-state index in [0.717, 1.165) is 5.75 Å². The third kappa shape index (κ3) is 4.73. The summed E-state index contributed by atoms with van der Waals surface area (Å²) in [7, 11) is -1.59. The molecule has 0 spiro atoms. The monoisotopic (exact) mass is 309 g/mol. The van der Waals surface area contributed by atoms with Crippen LogP contribution < -0.4 is 0 Å². The molecule has 7 heteroatoms. The Hall–Kier alpha value is -0.110. The fraction of sp³-hybridized carbons (Fsp3) is 0.917. The van der Waals surface area contributed by atoms with Crippen molar-refractivity contribution >= 4 is 27.4 Å². The summed E-state index contributed by atoms with van der Waals surface area (Å²) in [5.41, 5.74) is -0.800. The molecule has 0 N–H and O–H groups in total. The molecule has 1 atom stereocenters. The molecular weight excluding hydrogens is 286 g/mol. The van der Waals surface area contributed by atoms with Crippen LogP contribution in [0.2, 0.25) is 0 Å². The van der Waals surface area contributed by atoms with Crippen LogP contribution in [0.5, 0.6) is 0 Å². The molecule has 1 rings (SSSR count). The van der Waals surface area contributed by atoms with E-state index in [0.29, 0.717) is 25.3 Å². The average molecular weight is 309 g/mol. The zero-order chi connectivity index (χ0) is 14.7. The Morgan fingerprint density at radius 3 is 2.63 bits per heavy atom. The van der Waals surface area contributed by atoms with E-state index in [1.54, 1.807) is 25.6 Å². The molecule has 0 radical (unpaired) electrons. The van der Waals surface area contributed by atoms with Crippen LogP contribution in [0.15, 0.2) is 0 Å². The van der Waals surface area contributed by atoms with Crippen molar-refractivity contribution in [2.45, 2.75) is 31.2 Å². The molecular formula is C12H23NO4S2. The van der Waals surface area contributed by atoms with Gasteiger partial charge in [-0.3, -0.25) is 9.69 Å². The molecule has 1 fully saturated rings. The van der Waals surface area contributed by atoms with Gasteiger partial charge in [-0.05, 0) is 13.8 Å². The number of ketones is 1. The second-order valence-electron chi connectivity index (χ2n) is 5.28. The molecule has 0 amide bonds. The molecule has 5 nitrogen and oxygen atoms in total. The maximum absolute atomic E-state index is 12.0. The highest BCUT2D eigenvalue weighted by Crippen LogP contribution is 2.21. The van der Waals surface area contributed by atoms with E-state index in [1.807, 2.05) is 4.90 Å². The van der Waals surface area contributed by atoms with E-state index >= 15 is 0 Å². The number of sulfone groups is 1. The van der Waals surface area contributed by atoms with Crippen molar-refractivity contribution in [3.63, 3.8) is 0 Å². The Kier molecular flexibility index (Phi) is 5.85. The van der Waals surface area contributed by atoms with Gasteiger partial charge in [-0.2, -0.15) is 11.8 Å². The minimum absolute atomic E-state index is 0.000442. The third-order valence-electron chi connectivity index (χ3n) is 3.49. The summed E-state index contributed by atoms with van der Waals surface area (Å²) < 4.78 is 28.6. The molecule has 1 saturated heterocycles. The van der Waals surface area contributed by atoms with E-state index < -0.39 is 20.8 Å². The van der Waals surface area contributed by atoms with Crippen molar-refractivity contribution in [2.75, 3.05) is 38.0 Å². The standard InChI is InChI=1S/C12H23NO4S2/c1-12(2,17-3)10(14)5-6-13-7-8-18-9-11(13)19(4,15)16/h11H,5-9H2,1-4H3. The van der Waals surface area contributed by atoms with Gasteiger partial charge in [0, 0.05) is 44.4 Å². The first kappa shape index (κ1) is 16.9. The highest BCUT2D eigenvalue weighted by molar-refractivity contribution is 8.00. The molecule has 0 aromatic carbocycles. The minimum atomic E-state index is -3.10. The Morgan fingerprint density at radius 2 is 2.11 bits per heavy atom. The van der Waals surface area contributed by atoms with Crippen molar-refractivity contribution in [1.82, 2.24) is 4.90 Å². The fourth-order valence-electron chi connectivity index (χ4n) is 1.93. The lowest BCUT2D eigenvalue weighted by molar-refractivity contribution is -0.137. The topological polar surface area (TPSA) is 63.7 Å². The van der Waals surface area contributed by atoms with E-state index in [-0.39, 0.29) is 5.78 Å². The molecule has 0 saturated carbocycles. The van der Waals surface area contributed by atoms with Crippen LogP contribution in [-0.2, 0) is 19.4 Å². The largest absolute Gasteiger partial charge is 0.371 e. The maximum Gasteiger partial charge on any atom is 0.165 e. The summed E-state index contributed by atoms with van der Waals surface area (Å²) in [5, 5.41) is -0.468. The minimum Gasteiger partial charge on any atom is -0.371 e. The van der Waals surface area contributed by atoms with Gasteiger partial charge in [-0.25, -0.2) is 8.42 Å². The van der Waals surface area contributed by atoms with Crippen LogP contribution >= 0.6 is 11.8 Å². The third-order valence-corrected chi connectivity index (χ3v) is 6.18. The normalized spacial score (nSPS) is 22.4. The summed E-state index contributed by atoms with van der Waals surface area (Å²) in [6.45, 7) is 4.65. The number of methoxy groups -OCH3 is 1. The SMILES string of the molecule is COC(C)(C)C(=O)CCN1CCSCC1S(C)(=O)=O. The van der Waals surface area contributed by atoms with Gasteiger partial charge in [0.05, 0.1) is 0 Å². The number of Topliss-reactive ketones (excluding diaryl/α,β-unsaturated/α-hetero) is 1. The van der Waals surface area contributed by atoms with Crippen LogP contribution in [-0.4, -0.2) is 68.0 Å². The summed E-state index contributed by atoms with van der Waals surface area (Å²) in [6, 6.07) is 0. The van der Waals surface area contributed by atoms with E-state index in [4.69, 9.17) is 4.74 Å². The van der Waals surface area contributed by atoms with Gasteiger partial charge in [0.25, 0.3) is 0 Å². The zero-order valence-corrected chi connectivity index (χ0v) is 13.6. The molecule has 0 aliphatic carbocycles. The Bertz CT molecular complexity index is 419. The molecule has 1 aliphatic heterocycles. The molecule has 112 valence electrons. The zero-order valence-electron chi connectivity index (χ0n) is 12.0. The Balaban J connectivity index is 2.62. The predicted octanol–water partition coefficient (Wildman–Crippen LogP) is 0.790. The van der Waals surface area contributed by atoms with Crippen molar-refractivity contribution < 1.29 is 17.9 Å². The highest BCUT2D eigenvalue weighted by atomic mass is 32.2. The van der Waals surface area contributed by atoms with Gasteiger partial charge in [0.2, 0.25) is 0 Å². The van der Waals surface area contributed by atoms with Crippen molar-refractivity contribution in [1.29, 1.82) is 0 Å². The number of rotatable bonds is 6. The first-order valence-electron chi connectivity index (χ1n) is 6.27. The van der Waals surface area contributed by atoms with Gasteiger partial charge in [0.15, 0.2) is 15.6 Å².